The highest BCUT2D eigenvalue weighted by atomic mass is 16.4. The van der Waals surface area contributed by atoms with Crippen LogP contribution < -0.4 is 10.6 Å². The zero-order valence-electron chi connectivity index (χ0n) is 9.51. The molecule has 0 atom stereocenters. The smallest absolute Gasteiger partial charge is 0.305 e. The first kappa shape index (κ1) is 15.6. The van der Waals surface area contributed by atoms with Gasteiger partial charge >= 0.3 is 11.9 Å². The van der Waals surface area contributed by atoms with Crippen LogP contribution in [-0.4, -0.2) is 47.1 Å². The Labute approximate surface area is 103 Å². The van der Waals surface area contributed by atoms with E-state index in [2.05, 4.69) is 10.6 Å². The molecule has 0 unspecified atom stereocenters. The van der Waals surface area contributed by atoms with Crippen LogP contribution in [0.4, 0.5) is 0 Å². The summed E-state index contributed by atoms with van der Waals surface area (Å²) in [5, 5.41) is 21.1. The Morgan fingerprint density at radius 3 is 1.39 bits per heavy atom. The highest BCUT2D eigenvalue weighted by molar-refractivity contribution is 5.96. The molecule has 0 radical (unpaired) electrons. The van der Waals surface area contributed by atoms with E-state index in [-0.39, 0.29) is 25.9 Å². The van der Waals surface area contributed by atoms with Crippen LogP contribution in [0, 0.1) is 0 Å². The maximum absolute atomic E-state index is 11.0. The van der Waals surface area contributed by atoms with Gasteiger partial charge in [-0.25, -0.2) is 0 Å². The Kier molecular flexibility index (Phi) is 7.58. The molecule has 0 aromatic rings. The minimum atomic E-state index is -1.04. The van der Waals surface area contributed by atoms with Crippen LogP contribution in [0.15, 0.2) is 12.2 Å². The van der Waals surface area contributed by atoms with Gasteiger partial charge in [-0.2, -0.15) is 0 Å². The summed E-state index contributed by atoms with van der Waals surface area (Å²) < 4.78 is 0. The van der Waals surface area contributed by atoms with Gasteiger partial charge in [-0.3, -0.25) is 19.2 Å². The summed E-state index contributed by atoms with van der Waals surface area (Å²) in [6, 6.07) is 0. The summed E-state index contributed by atoms with van der Waals surface area (Å²) in [6.45, 7) is -0.0573. The minimum Gasteiger partial charge on any atom is -0.481 e. The number of aliphatic carboxylic acids is 2. The first-order chi connectivity index (χ1) is 8.41. The molecule has 0 saturated heterocycles. The fourth-order valence-corrected chi connectivity index (χ4v) is 0.854. The lowest BCUT2D eigenvalue weighted by molar-refractivity contribution is -0.138. The van der Waals surface area contributed by atoms with Gasteiger partial charge in [-0.05, 0) is 0 Å². The zero-order valence-corrected chi connectivity index (χ0v) is 9.51. The second-order valence-electron chi connectivity index (χ2n) is 3.20. The van der Waals surface area contributed by atoms with Gasteiger partial charge in [0.1, 0.15) is 0 Å². The van der Waals surface area contributed by atoms with Gasteiger partial charge in [0.05, 0.1) is 12.8 Å². The fraction of sp³-hybridized carbons (Fsp3) is 0.400. The van der Waals surface area contributed by atoms with Gasteiger partial charge in [-0.1, -0.05) is 0 Å². The first-order valence-electron chi connectivity index (χ1n) is 5.09. The third-order valence-corrected chi connectivity index (χ3v) is 1.66. The number of carboxylic acid groups (broad SMARTS) is 2. The molecule has 2 amide bonds. The molecule has 4 N–H and O–H groups in total. The van der Waals surface area contributed by atoms with Crippen LogP contribution in [0.1, 0.15) is 12.8 Å². The molecule has 100 valence electrons. The van der Waals surface area contributed by atoms with Crippen LogP contribution >= 0.6 is 0 Å². The molecule has 0 aromatic carbocycles. The third-order valence-electron chi connectivity index (χ3n) is 1.66. The second-order valence-corrected chi connectivity index (χ2v) is 3.20. The van der Waals surface area contributed by atoms with Crippen LogP contribution in [0.5, 0.6) is 0 Å². The molecule has 8 nitrogen and oxygen atoms in total. The molecule has 0 bridgehead atoms. The molecular formula is C10H14N2O6. The van der Waals surface area contributed by atoms with Gasteiger partial charge in [0.15, 0.2) is 0 Å². The lowest BCUT2D eigenvalue weighted by atomic mass is 10.4. The van der Waals surface area contributed by atoms with Crippen molar-refractivity contribution in [3.8, 4) is 0 Å². The van der Waals surface area contributed by atoms with Crippen LogP contribution in [0.25, 0.3) is 0 Å². The molecule has 0 aliphatic rings. The fourth-order valence-electron chi connectivity index (χ4n) is 0.854. The SMILES string of the molecule is O=C(O)CCNC(=O)/C=C\C(=O)NCCC(=O)O. The number of rotatable bonds is 8. The lowest BCUT2D eigenvalue weighted by Gasteiger charge is -1.99. The normalized spacial score (nSPS) is 10.0. The average molecular weight is 258 g/mol. The van der Waals surface area contributed by atoms with E-state index in [0.29, 0.717) is 0 Å². The quantitative estimate of drug-likeness (QED) is 0.401. The van der Waals surface area contributed by atoms with E-state index in [1.54, 1.807) is 0 Å². The van der Waals surface area contributed by atoms with Crippen molar-refractivity contribution in [2.24, 2.45) is 0 Å². The molecule has 0 aromatic heterocycles. The second kappa shape index (κ2) is 8.74. The van der Waals surface area contributed by atoms with Crippen molar-refractivity contribution in [2.45, 2.75) is 12.8 Å². The average Bonchev–Trinajstić information content (AvgIpc) is 2.25. The summed E-state index contributed by atoms with van der Waals surface area (Å²) in [5.74, 6) is -3.26. The number of amides is 2. The van der Waals surface area contributed by atoms with Crippen molar-refractivity contribution in [2.75, 3.05) is 13.1 Å². The molecule has 0 fully saturated rings. The third kappa shape index (κ3) is 10.1. The van der Waals surface area contributed by atoms with Gasteiger partial charge in [0, 0.05) is 25.2 Å². The first-order valence-corrected chi connectivity index (χ1v) is 5.09. The summed E-state index contributed by atoms with van der Waals surface area (Å²) in [6.07, 6.45) is 1.48. The van der Waals surface area contributed by atoms with Gasteiger partial charge in [0.2, 0.25) is 11.8 Å². The van der Waals surface area contributed by atoms with Crippen molar-refractivity contribution in [1.29, 1.82) is 0 Å². The molecule has 0 aliphatic carbocycles. The highest BCUT2D eigenvalue weighted by Gasteiger charge is 2.01. The summed E-state index contributed by atoms with van der Waals surface area (Å²) in [7, 11) is 0. The van der Waals surface area contributed by atoms with E-state index in [1.807, 2.05) is 0 Å². The zero-order chi connectivity index (χ0) is 14.0. The molecule has 0 saturated carbocycles. The van der Waals surface area contributed by atoms with Crippen LogP contribution in [-0.2, 0) is 19.2 Å². The van der Waals surface area contributed by atoms with Gasteiger partial charge in [0.25, 0.3) is 0 Å². The van der Waals surface area contributed by atoms with Gasteiger partial charge in [-0.15, -0.1) is 0 Å². The number of carbonyl (C=O) groups is 4. The van der Waals surface area contributed by atoms with Crippen molar-refractivity contribution >= 4 is 23.8 Å². The number of hydrogen-bond donors (Lipinski definition) is 4. The van der Waals surface area contributed by atoms with Crippen molar-refractivity contribution in [1.82, 2.24) is 10.6 Å². The highest BCUT2D eigenvalue weighted by Crippen LogP contribution is 1.80. The van der Waals surface area contributed by atoms with E-state index in [4.69, 9.17) is 10.2 Å². The van der Waals surface area contributed by atoms with Crippen molar-refractivity contribution in [3.05, 3.63) is 12.2 Å². The molecule has 18 heavy (non-hydrogen) atoms. The van der Waals surface area contributed by atoms with Crippen molar-refractivity contribution in [3.63, 3.8) is 0 Å². The maximum Gasteiger partial charge on any atom is 0.305 e. The van der Waals surface area contributed by atoms with E-state index >= 15 is 0 Å². The Morgan fingerprint density at radius 2 is 1.11 bits per heavy atom. The minimum absolute atomic E-state index is 0.0286. The molecule has 0 aliphatic heterocycles. The number of nitrogens with one attached hydrogen (secondary N) is 2. The lowest BCUT2D eigenvalue weighted by Crippen LogP contribution is -2.26. The Bertz CT molecular complexity index is 329. The van der Waals surface area contributed by atoms with Gasteiger partial charge < -0.3 is 20.8 Å². The summed E-state index contributed by atoms with van der Waals surface area (Å²) in [4.78, 5) is 42.4. The number of hydrogen-bond acceptors (Lipinski definition) is 4. The topological polar surface area (TPSA) is 133 Å². The Hall–Kier alpha value is -2.38. The predicted molar refractivity (Wildman–Crippen MR) is 59.7 cm³/mol. The van der Waals surface area contributed by atoms with Crippen molar-refractivity contribution < 1.29 is 29.4 Å². The Balaban J connectivity index is 3.77. The maximum atomic E-state index is 11.0. The number of carbonyl (C=O) groups excluding carboxylic acids is 2. The standard InChI is InChI=1S/C10H14N2O6/c13-7(11-5-3-9(15)16)1-2-8(14)12-6-4-10(17)18/h1-2H,3-6H2,(H,11,13)(H,12,14)(H,15,16)(H,17,18)/b2-1-. The number of carboxylic acids is 2. The molecule has 0 spiro atoms. The summed E-state index contributed by atoms with van der Waals surface area (Å²) >= 11 is 0. The molecule has 0 heterocycles. The van der Waals surface area contributed by atoms with E-state index in [0.717, 1.165) is 12.2 Å². The molecule has 8 heteroatoms. The summed E-state index contributed by atoms with van der Waals surface area (Å²) in [5.41, 5.74) is 0. The predicted octanol–water partition coefficient (Wildman–Crippen LogP) is -1.28. The van der Waals surface area contributed by atoms with Crippen LogP contribution in [0.3, 0.4) is 0 Å². The van der Waals surface area contributed by atoms with E-state index in [9.17, 15) is 19.2 Å². The molecule has 0 rings (SSSR count). The van der Waals surface area contributed by atoms with Crippen LogP contribution in [0.2, 0.25) is 0 Å². The monoisotopic (exact) mass is 258 g/mol. The molecular weight excluding hydrogens is 244 g/mol. The largest absolute Gasteiger partial charge is 0.481 e. The van der Waals surface area contributed by atoms with E-state index in [1.165, 1.54) is 0 Å². The van der Waals surface area contributed by atoms with E-state index < -0.39 is 23.8 Å². The Morgan fingerprint density at radius 1 is 0.778 bits per heavy atom.